The predicted molar refractivity (Wildman–Crippen MR) is 58.4 cm³/mol. The van der Waals surface area contributed by atoms with Gasteiger partial charge in [-0.3, -0.25) is 14.4 Å². The minimum absolute atomic E-state index is 0.0694. The minimum atomic E-state index is -2.74. The summed E-state index contributed by atoms with van der Waals surface area (Å²) in [6.07, 6.45) is -2.22. The van der Waals surface area contributed by atoms with Crippen LogP contribution in [0.15, 0.2) is 0 Å². The molecular weight excluding hydrogens is 266 g/mol. The van der Waals surface area contributed by atoms with Crippen LogP contribution in [-0.4, -0.2) is 61.6 Å². The number of aliphatic hydroxyl groups is 1. The van der Waals surface area contributed by atoms with E-state index < -0.39 is 42.3 Å². The lowest BCUT2D eigenvalue weighted by molar-refractivity contribution is -0.170. The number of nitrogens with two attached hydrogens (primary N) is 1. The summed E-state index contributed by atoms with van der Waals surface area (Å²) in [6.45, 7) is 0.231. The summed E-state index contributed by atoms with van der Waals surface area (Å²) in [6, 6.07) is 0. The third-order valence-corrected chi connectivity index (χ3v) is 1.64. The van der Waals surface area contributed by atoms with Gasteiger partial charge in [0, 0.05) is 6.54 Å². The molecule has 19 heavy (non-hydrogen) atoms. The molecule has 7 N–H and O–H groups in total. The van der Waals surface area contributed by atoms with Gasteiger partial charge in [-0.2, -0.15) is 0 Å². The van der Waals surface area contributed by atoms with Crippen molar-refractivity contribution in [3.63, 3.8) is 0 Å². The van der Waals surface area contributed by atoms with E-state index in [9.17, 15) is 19.2 Å². The molecule has 0 saturated carbocycles. The van der Waals surface area contributed by atoms with Crippen molar-refractivity contribution in [1.82, 2.24) is 0 Å². The van der Waals surface area contributed by atoms with Gasteiger partial charge in [-0.15, -0.1) is 0 Å². The Morgan fingerprint density at radius 2 is 1.21 bits per heavy atom. The summed E-state index contributed by atoms with van der Waals surface area (Å²) in [7, 11) is 0. The van der Waals surface area contributed by atoms with E-state index in [1.165, 1.54) is 0 Å². The Hall–Kier alpha value is -2.20. The highest BCUT2D eigenvalue weighted by Crippen LogP contribution is 2.15. The first-order valence-electron chi connectivity index (χ1n) is 4.86. The fourth-order valence-electron chi connectivity index (χ4n) is 0.838. The molecule has 0 rings (SSSR count). The molecule has 0 saturated heterocycles. The van der Waals surface area contributed by atoms with Crippen molar-refractivity contribution in [3.05, 3.63) is 0 Å². The van der Waals surface area contributed by atoms with E-state index in [4.69, 9.17) is 31.3 Å². The molecule has 0 radical (unpaired) electrons. The topological polar surface area (TPSA) is 195 Å². The highest BCUT2D eigenvalue weighted by molar-refractivity contribution is 5.88. The maximum atomic E-state index is 10.3. The zero-order valence-corrected chi connectivity index (χ0v) is 9.77. The summed E-state index contributed by atoms with van der Waals surface area (Å²) in [5, 5.41) is 41.6. The van der Waals surface area contributed by atoms with E-state index in [0.717, 1.165) is 0 Å². The Bertz CT molecular complexity index is 336. The van der Waals surface area contributed by atoms with Crippen molar-refractivity contribution < 1.29 is 44.7 Å². The third kappa shape index (κ3) is 10.7. The van der Waals surface area contributed by atoms with Gasteiger partial charge in [0.25, 0.3) is 0 Å². The number of carboxylic acids is 4. The molecule has 0 aliphatic rings. The lowest BCUT2D eigenvalue weighted by Crippen LogP contribution is -2.42. The van der Waals surface area contributed by atoms with E-state index in [1.54, 1.807) is 0 Å². The number of carboxylic acid groups (broad SMARTS) is 4. The van der Waals surface area contributed by atoms with Crippen LogP contribution < -0.4 is 5.73 Å². The highest BCUT2D eigenvalue weighted by atomic mass is 16.4. The molecule has 0 aromatic heterocycles. The standard InChI is InChI=1S/C6H8O7.C3H7NO2/c7-3(8)1-6(13,5(11)12)2-4(9)10;4-2-1-3(5)6/h13H,1-2H2,(H,7,8)(H,9,10)(H,11,12);1-2,4H2,(H,5,6). The SMILES string of the molecule is NCCC(=O)O.O=C(O)CC(O)(CC(=O)O)C(=O)O. The van der Waals surface area contributed by atoms with Crippen molar-refractivity contribution in [2.75, 3.05) is 6.54 Å². The summed E-state index contributed by atoms with van der Waals surface area (Å²) in [4.78, 5) is 40.0. The first-order valence-corrected chi connectivity index (χ1v) is 4.86. The van der Waals surface area contributed by atoms with Gasteiger partial charge in [0.1, 0.15) is 0 Å². The fourth-order valence-corrected chi connectivity index (χ4v) is 0.838. The quantitative estimate of drug-likeness (QED) is 0.308. The number of carbonyl (C=O) groups is 4. The molecule has 0 atom stereocenters. The van der Waals surface area contributed by atoms with E-state index >= 15 is 0 Å². The molecule has 0 bridgehead atoms. The third-order valence-electron chi connectivity index (χ3n) is 1.64. The summed E-state index contributed by atoms with van der Waals surface area (Å²) in [5.74, 6) is -5.85. The van der Waals surface area contributed by atoms with Crippen LogP contribution in [0.2, 0.25) is 0 Å². The Morgan fingerprint density at radius 3 is 1.32 bits per heavy atom. The maximum Gasteiger partial charge on any atom is 0.336 e. The van der Waals surface area contributed by atoms with Gasteiger partial charge in [-0.05, 0) is 0 Å². The van der Waals surface area contributed by atoms with Crippen LogP contribution in [0.25, 0.3) is 0 Å². The molecule has 110 valence electrons. The lowest BCUT2D eigenvalue weighted by Gasteiger charge is -2.18. The first kappa shape index (κ1) is 19.1. The van der Waals surface area contributed by atoms with Crippen molar-refractivity contribution in [2.24, 2.45) is 5.73 Å². The second-order valence-corrected chi connectivity index (χ2v) is 3.41. The molecule has 0 spiro atoms. The van der Waals surface area contributed by atoms with Crippen molar-refractivity contribution in [2.45, 2.75) is 24.9 Å². The Morgan fingerprint density at radius 1 is 0.842 bits per heavy atom. The molecular formula is C9H15NO9. The van der Waals surface area contributed by atoms with Gasteiger partial charge in [-0.25, -0.2) is 4.79 Å². The first-order chi connectivity index (χ1) is 8.55. The second-order valence-electron chi connectivity index (χ2n) is 3.41. The molecule has 10 nitrogen and oxygen atoms in total. The number of rotatable bonds is 7. The van der Waals surface area contributed by atoms with Gasteiger partial charge in [0.05, 0.1) is 19.3 Å². The second kappa shape index (κ2) is 8.83. The van der Waals surface area contributed by atoms with Crippen LogP contribution >= 0.6 is 0 Å². The van der Waals surface area contributed by atoms with Gasteiger partial charge < -0.3 is 31.3 Å². The fraction of sp³-hybridized carbons (Fsp3) is 0.556. The summed E-state index contributed by atoms with van der Waals surface area (Å²) < 4.78 is 0. The largest absolute Gasteiger partial charge is 0.481 e. The maximum absolute atomic E-state index is 10.3. The van der Waals surface area contributed by atoms with Crippen LogP contribution in [0.4, 0.5) is 0 Å². The zero-order chi connectivity index (χ0) is 15.6. The predicted octanol–water partition coefficient (Wildman–Crippen LogP) is -1.83. The van der Waals surface area contributed by atoms with E-state index in [1.807, 2.05) is 0 Å². The van der Waals surface area contributed by atoms with Crippen LogP contribution in [0.3, 0.4) is 0 Å². The van der Waals surface area contributed by atoms with Gasteiger partial charge >= 0.3 is 23.9 Å². The molecule has 0 amide bonds. The molecule has 0 aliphatic carbocycles. The van der Waals surface area contributed by atoms with Crippen LogP contribution in [0, 0.1) is 0 Å². The molecule has 0 aromatic carbocycles. The van der Waals surface area contributed by atoms with E-state index in [-0.39, 0.29) is 13.0 Å². The monoisotopic (exact) mass is 281 g/mol. The average molecular weight is 281 g/mol. The van der Waals surface area contributed by atoms with Crippen LogP contribution in [0.1, 0.15) is 19.3 Å². The molecule has 0 aliphatic heterocycles. The number of aliphatic carboxylic acids is 4. The molecule has 0 aromatic rings. The Balaban J connectivity index is 0. The van der Waals surface area contributed by atoms with Crippen molar-refractivity contribution in [3.8, 4) is 0 Å². The highest BCUT2D eigenvalue weighted by Gasteiger charge is 2.40. The molecule has 0 heterocycles. The normalized spacial score (nSPS) is 10.0. The smallest absolute Gasteiger partial charge is 0.336 e. The average Bonchev–Trinajstić information content (AvgIpc) is 2.14. The van der Waals surface area contributed by atoms with E-state index in [2.05, 4.69) is 0 Å². The number of hydrogen-bond acceptors (Lipinski definition) is 6. The molecule has 0 unspecified atom stereocenters. The zero-order valence-electron chi connectivity index (χ0n) is 9.77. The summed E-state index contributed by atoms with van der Waals surface area (Å²) in [5.41, 5.74) is 2.11. The van der Waals surface area contributed by atoms with Gasteiger partial charge in [0.2, 0.25) is 0 Å². The van der Waals surface area contributed by atoms with Gasteiger partial charge in [0.15, 0.2) is 5.60 Å². The Kier molecular flexibility index (Phi) is 8.90. The summed E-state index contributed by atoms with van der Waals surface area (Å²) >= 11 is 0. The van der Waals surface area contributed by atoms with Crippen LogP contribution in [0.5, 0.6) is 0 Å². The lowest BCUT2D eigenvalue weighted by atomic mass is 9.96. The van der Waals surface area contributed by atoms with Crippen molar-refractivity contribution >= 4 is 23.9 Å². The van der Waals surface area contributed by atoms with E-state index in [0.29, 0.717) is 0 Å². The molecule has 0 fully saturated rings. The molecule has 10 heteroatoms. The number of hydrogen-bond donors (Lipinski definition) is 6. The van der Waals surface area contributed by atoms with Crippen LogP contribution in [-0.2, 0) is 19.2 Å². The van der Waals surface area contributed by atoms with Crippen molar-refractivity contribution in [1.29, 1.82) is 0 Å². The van der Waals surface area contributed by atoms with Gasteiger partial charge in [-0.1, -0.05) is 0 Å². The minimum Gasteiger partial charge on any atom is -0.481 e. The Labute approximate surface area is 107 Å².